The van der Waals surface area contributed by atoms with Gasteiger partial charge in [0.05, 0.1) is 25.4 Å². The first-order valence-electron chi connectivity index (χ1n) is 9.33. The Hall–Kier alpha value is -2.71. The number of furan rings is 1. The second-order valence-electron chi connectivity index (χ2n) is 6.84. The van der Waals surface area contributed by atoms with Gasteiger partial charge >= 0.3 is 0 Å². The summed E-state index contributed by atoms with van der Waals surface area (Å²) >= 11 is 0. The van der Waals surface area contributed by atoms with Gasteiger partial charge in [0, 0.05) is 31.9 Å². The summed E-state index contributed by atoms with van der Waals surface area (Å²) in [6, 6.07) is 9.12. The number of carbonyl (C=O) groups excluding carboxylic acids is 2. The second kappa shape index (κ2) is 9.48. The Kier molecular flexibility index (Phi) is 6.78. The number of benzene rings is 1. The molecular formula is C20H25FN4O3. The summed E-state index contributed by atoms with van der Waals surface area (Å²) in [6.45, 7) is 5.30. The van der Waals surface area contributed by atoms with E-state index >= 15 is 0 Å². The SMILES string of the molecule is CC(C(=O)Nc1cccc(F)c1)N1CCN(CC(=O)NCc2ccco2)CC1. The molecule has 1 aromatic carbocycles. The molecule has 2 N–H and O–H groups in total. The molecule has 2 heterocycles. The van der Waals surface area contributed by atoms with Crippen LogP contribution in [0.5, 0.6) is 0 Å². The number of piperazine rings is 1. The van der Waals surface area contributed by atoms with Crippen LogP contribution >= 0.6 is 0 Å². The maximum atomic E-state index is 13.3. The zero-order chi connectivity index (χ0) is 19.9. The van der Waals surface area contributed by atoms with Crippen molar-refractivity contribution in [2.45, 2.75) is 19.5 Å². The van der Waals surface area contributed by atoms with Crippen molar-refractivity contribution in [3.8, 4) is 0 Å². The van der Waals surface area contributed by atoms with Crippen molar-refractivity contribution < 1.29 is 18.4 Å². The Labute approximate surface area is 163 Å². The summed E-state index contributed by atoms with van der Waals surface area (Å²) in [4.78, 5) is 28.6. The van der Waals surface area contributed by atoms with E-state index in [1.54, 1.807) is 24.5 Å². The van der Waals surface area contributed by atoms with Crippen molar-refractivity contribution in [3.63, 3.8) is 0 Å². The summed E-state index contributed by atoms with van der Waals surface area (Å²) in [5.41, 5.74) is 0.448. The molecule has 3 rings (SSSR count). The van der Waals surface area contributed by atoms with E-state index in [1.165, 1.54) is 12.1 Å². The molecule has 1 unspecified atom stereocenters. The molecule has 1 saturated heterocycles. The fourth-order valence-corrected chi connectivity index (χ4v) is 3.15. The lowest BCUT2D eigenvalue weighted by atomic mass is 10.2. The number of amides is 2. The van der Waals surface area contributed by atoms with E-state index in [9.17, 15) is 14.0 Å². The lowest BCUT2D eigenvalue weighted by molar-refractivity contribution is -0.125. The lowest BCUT2D eigenvalue weighted by Gasteiger charge is -2.37. The summed E-state index contributed by atoms with van der Waals surface area (Å²) < 4.78 is 18.4. The van der Waals surface area contributed by atoms with Crippen LogP contribution in [-0.4, -0.2) is 60.4 Å². The fourth-order valence-electron chi connectivity index (χ4n) is 3.15. The van der Waals surface area contributed by atoms with E-state index in [2.05, 4.69) is 20.4 Å². The molecule has 1 aliphatic heterocycles. The van der Waals surface area contributed by atoms with Crippen LogP contribution in [0.25, 0.3) is 0 Å². The largest absolute Gasteiger partial charge is 0.467 e. The number of carbonyl (C=O) groups is 2. The first-order valence-corrected chi connectivity index (χ1v) is 9.33. The monoisotopic (exact) mass is 388 g/mol. The van der Waals surface area contributed by atoms with Crippen molar-refractivity contribution in [1.29, 1.82) is 0 Å². The van der Waals surface area contributed by atoms with Crippen LogP contribution in [0.4, 0.5) is 10.1 Å². The molecule has 8 heteroatoms. The zero-order valence-corrected chi connectivity index (χ0v) is 15.9. The van der Waals surface area contributed by atoms with Crippen LogP contribution in [0.3, 0.4) is 0 Å². The van der Waals surface area contributed by atoms with Crippen LogP contribution in [-0.2, 0) is 16.1 Å². The topological polar surface area (TPSA) is 77.8 Å². The highest BCUT2D eigenvalue weighted by molar-refractivity contribution is 5.94. The predicted molar refractivity (Wildman–Crippen MR) is 103 cm³/mol. The van der Waals surface area contributed by atoms with E-state index in [1.807, 2.05) is 13.0 Å². The molecule has 0 aliphatic carbocycles. The number of nitrogens with zero attached hydrogens (tertiary/aromatic N) is 2. The fraction of sp³-hybridized carbons (Fsp3) is 0.400. The number of hydrogen-bond donors (Lipinski definition) is 2. The molecule has 0 spiro atoms. The minimum Gasteiger partial charge on any atom is -0.467 e. The van der Waals surface area contributed by atoms with Crippen LogP contribution in [0, 0.1) is 5.82 Å². The van der Waals surface area contributed by atoms with E-state index in [-0.39, 0.29) is 23.7 Å². The number of rotatable bonds is 7. The highest BCUT2D eigenvalue weighted by Gasteiger charge is 2.26. The second-order valence-corrected chi connectivity index (χ2v) is 6.84. The predicted octanol–water partition coefficient (Wildman–Crippen LogP) is 1.68. The molecule has 150 valence electrons. The Balaban J connectivity index is 1.40. The van der Waals surface area contributed by atoms with Gasteiger partial charge in [-0.25, -0.2) is 4.39 Å². The van der Waals surface area contributed by atoms with Crippen molar-refractivity contribution >= 4 is 17.5 Å². The highest BCUT2D eigenvalue weighted by atomic mass is 19.1. The van der Waals surface area contributed by atoms with Crippen molar-refractivity contribution in [2.24, 2.45) is 0 Å². The average Bonchev–Trinajstić information content (AvgIpc) is 3.20. The maximum absolute atomic E-state index is 13.3. The van der Waals surface area contributed by atoms with Gasteiger partial charge in [0.1, 0.15) is 11.6 Å². The molecule has 0 radical (unpaired) electrons. The van der Waals surface area contributed by atoms with Gasteiger partial charge in [-0.1, -0.05) is 6.07 Å². The molecule has 28 heavy (non-hydrogen) atoms. The van der Waals surface area contributed by atoms with Crippen molar-refractivity contribution in [3.05, 3.63) is 54.2 Å². The molecule has 1 fully saturated rings. The highest BCUT2D eigenvalue weighted by Crippen LogP contribution is 2.12. The maximum Gasteiger partial charge on any atom is 0.241 e. The quantitative estimate of drug-likeness (QED) is 0.755. The lowest BCUT2D eigenvalue weighted by Crippen LogP contribution is -2.54. The molecule has 1 atom stereocenters. The van der Waals surface area contributed by atoms with E-state index < -0.39 is 0 Å². The molecule has 7 nitrogen and oxygen atoms in total. The Morgan fingerprint density at radius 3 is 2.64 bits per heavy atom. The standard InChI is InChI=1S/C20H25FN4O3/c1-15(20(27)23-17-5-2-4-16(21)12-17)25-9-7-24(8-10-25)14-19(26)22-13-18-6-3-11-28-18/h2-6,11-12,15H,7-10,13-14H2,1H3,(H,22,26)(H,23,27). The van der Waals surface area contributed by atoms with E-state index in [0.717, 1.165) is 5.76 Å². The minimum absolute atomic E-state index is 0.0539. The van der Waals surface area contributed by atoms with Crippen LogP contribution in [0.15, 0.2) is 47.1 Å². The third-order valence-electron chi connectivity index (χ3n) is 4.83. The summed E-state index contributed by atoms with van der Waals surface area (Å²) in [5.74, 6) is 0.109. The smallest absolute Gasteiger partial charge is 0.241 e. The number of hydrogen-bond acceptors (Lipinski definition) is 5. The van der Waals surface area contributed by atoms with Crippen molar-refractivity contribution in [1.82, 2.24) is 15.1 Å². The Morgan fingerprint density at radius 2 is 1.96 bits per heavy atom. The molecular weight excluding hydrogens is 363 g/mol. The number of halogens is 1. The molecule has 1 aromatic heterocycles. The molecule has 0 bridgehead atoms. The van der Waals surface area contributed by atoms with Gasteiger partial charge < -0.3 is 15.1 Å². The van der Waals surface area contributed by atoms with Crippen LogP contribution in [0.2, 0.25) is 0 Å². The Morgan fingerprint density at radius 1 is 1.18 bits per heavy atom. The van der Waals surface area contributed by atoms with Crippen LogP contribution in [0.1, 0.15) is 12.7 Å². The third kappa shape index (κ3) is 5.64. The first-order chi connectivity index (χ1) is 13.5. The normalized spacial score (nSPS) is 16.5. The first kappa shape index (κ1) is 20.0. The average molecular weight is 388 g/mol. The zero-order valence-electron chi connectivity index (χ0n) is 15.9. The van der Waals surface area contributed by atoms with Crippen LogP contribution < -0.4 is 10.6 Å². The number of nitrogens with one attached hydrogen (secondary N) is 2. The molecule has 0 saturated carbocycles. The van der Waals surface area contributed by atoms with Gasteiger partial charge in [0.2, 0.25) is 11.8 Å². The summed E-state index contributed by atoms with van der Waals surface area (Å²) in [5, 5.41) is 5.58. The van der Waals surface area contributed by atoms with Gasteiger partial charge in [0.15, 0.2) is 0 Å². The summed E-state index contributed by atoms with van der Waals surface area (Å²) in [6.07, 6.45) is 1.58. The summed E-state index contributed by atoms with van der Waals surface area (Å²) in [7, 11) is 0. The molecule has 2 amide bonds. The van der Waals surface area contributed by atoms with Gasteiger partial charge in [-0.2, -0.15) is 0 Å². The number of anilines is 1. The minimum atomic E-state index is -0.385. The van der Waals surface area contributed by atoms with Gasteiger partial charge in [-0.15, -0.1) is 0 Å². The van der Waals surface area contributed by atoms with Gasteiger partial charge in [0.25, 0.3) is 0 Å². The van der Waals surface area contributed by atoms with Gasteiger partial charge in [-0.3, -0.25) is 19.4 Å². The third-order valence-corrected chi connectivity index (χ3v) is 4.83. The van der Waals surface area contributed by atoms with E-state index in [0.29, 0.717) is 45.0 Å². The Bertz CT molecular complexity index is 789. The molecule has 1 aliphatic rings. The molecule has 2 aromatic rings. The van der Waals surface area contributed by atoms with Crippen molar-refractivity contribution in [2.75, 3.05) is 38.0 Å². The van der Waals surface area contributed by atoms with Gasteiger partial charge in [-0.05, 0) is 37.3 Å². The van der Waals surface area contributed by atoms with E-state index in [4.69, 9.17) is 4.42 Å².